The molecule has 0 saturated heterocycles. The quantitative estimate of drug-likeness (QED) is 0.644. The van der Waals surface area contributed by atoms with Crippen molar-refractivity contribution in [3.8, 4) is 11.3 Å². The molecule has 1 heterocycles. The molecular formula is C9H9N3O. The summed E-state index contributed by atoms with van der Waals surface area (Å²) >= 11 is 0. The second-order valence-corrected chi connectivity index (χ2v) is 2.69. The number of aromatic nitrogens is 1. The molecule has 0 atom stereocenters. The Bertz CT molecular complexity index is 405. The van der Waals surface area contributed by atoms with E-state index in [1.54, 1.807) is 12.1 Å². The van der Waals surface area contributed by atoms with Crippen LogP contribution >= 0.6 is 0 Å². The standard InChI is InChI=1S/C9H9N3O/c10-7-3-1-6(2-4-7)8-5-13-9(11)12-8/h1-5H,10H2,(H2,11,12). The van der Waals surface area contributed by atoms with Gasteiger partial charge in [-0.3, -0.25) is 0 Å². The molecule has 0 radical (unpaired) electrons. The lowest BCUT2D eigenvalue weighted by atomic mass is 10.1. The minimum absolute atomic E-state index is 0.173. The number of anilines is 2. The number of nitrogens with zero attached hydrogens (tertiary/aromatic N) is 1. The molecule has 2 aromatic rings. The molecule has 0 spiro atoms. The van der Waals surface area contributed by atoms with E-state index in [1.807, 2.05) is 12.1 Å². The van der Waals surface area contributed by atoms with Crippen molar-refractivity contribution in [3.63, 3.8) is 0 Å². The highest BCUT2D eigenvalue weighted by Gasteiger charge is 2.02. The van der Waals surface area contributed by atoms with Gasteiger partial charge in [0.1, 0.15) is 12.0 Å². The van der Waals surface area contributed by atoms with Gasteiger partial charge in [-0.25, -0.2) is 0 Å². The zero-order valence-electron chi connectivity index (χ0n) is 6.90. The highest BCUT2D eigenvalue weighted by atomic mass is 16.4. The van der Waals surface area contributed by atoms with Gasteiger partial charge in [0.15, 0.2) is 0 Å². The Morgan fingerprint density at radius 1 is 1.08 bits per heavy atom. The van der Waals surface area contributed by atoms with Gasteiger partial charge in [0.25, 0.3) is 6.01 Å². The predicted octanol–water partition coefficient (Wildman–Crippen LogP) is 1.51. The van der Waals surface area contributed by atoms with Gasteiger partial charge in [0.2, 0.25) is 0 Å². The summed E-state index contributed by atoms with van der Waals surface area (Å²) in [4.78, 5) is 3.98. The molecule has 0 bridgehead atoms. The third-order valence-electron chi connectivity index (χ3n) is 1.73. The van der Waals surface area contributed by atoms with E-state index in [0.29, 0.717) is 0 Å². The van der Waals surface area contributed by atoms with E-state index < -0.39 is 0 Å². The molecule has 0 aliphatic heterocycles. The average Bonchev–Trinajstić information content (AvgIpc) is 2.53. The molecule has 4 heteroatoms. The largest absolute Gasteiger partial charge is 0.432 e. The minimum Gasteiger partial charge on any atom is -0.432 e. The van der Waals surface area contributed by atoms with Crippen LogP contribution in [0.3, 0.4) is 0 Å². The monoisotopic (exact) mass is 175 g/mol. The zero-order chi connectivity index (χ0) is 9.26. The lowest BCUT2D eigenvalue weighted by molar-refractivity contribution is 0.581. The Balaban J connectivity index is 2.41. The van der Waals surface area contributed by atoms with Crippen molar-refractivity contribution >= 4 is 11.7 Å². The maximum atomic E-state index is 5.54. The molecule has 4 N–H and O–H groups in total. The first kappa shape index (κ1) is 7.67. The third kappa shape index (κ3) is 1.46. The maximum absolute atomic E-state index is 5.54. The van der Waals surface area contributed by atoms with E-state index in [-0.39, 0.29) is 6.01 Å². The van der Waals surface area contributed by atoms with E-state index in [9.17, 15) is 0 Å². The van der Waals surface area contributed by atoms with E-state index in [1.165, 1.54) is 6.26 Å². The van der Waals surface area contributed by atoms with Gasteiger partial charge in [-0.1, -0.05) is 12.1 Å². The number of hydrogen-bond donors (Lipinski definition) is 2. The summed E-state index contributed by atoms with van der Waals surface area (Å²) in [6.07, 6.45) is 1.51. The average molecular weight is 175 g/mol. The van der Waals surface area contributed by atoms with Gasteiger partial charge in [-0.2, -0.15) is 4.98 Å². The maximum Gasteiger partial charge on any atom is 0.292 e. The smallest absolute Gasteiger partial charge is 0.292 e. The van der Waals surface area contributed by atoms with Gasteiger partial charge in [0, 0.05) is 11.3 Å². The fraction of sp³-hybridized carbons (Fsp3) is 0. The van der Waals surface area contributed by atoms with Gasteiger partial charge in [0.05, 0.1) is 0 Å². The summed E-state index contributed by atoms with van der Waals surface area (Å²) in [5.74, 6) is 0. The van der Waals surface area contributed by atoms with Crippen LogP contribution < -0.4 is 11.5 Å². The zero-order valence-corrected chi connectivity index (χ0v) is 6.90. The molecule has 0 aliphatic rings. The first-order chi connectivity index (χ1) is 6.25. The first-order valence-electron chi connectivity index (χ1n) is 3.82. The highest BCUT2D eigenvalue weighted by molar-refractivity contribution is 5.61. The predicted molar refractivity (Wildman–Crippen MR) is 50.8 cm³/mol. The normalized spacial score (nSPS) is 10.2. The SMILES string of the molecule is Nc1ccc(-c2coc(N)n2)cc1. The Kier molecular flexibility index (Phi) is 1.66. The summed E-state index contributed by atoms with van der Waals surface area (Å²) in [7, 11) is 0. The molecule has 4 nitrogen and oxygen atoms in total. The van der Waals surface area contributed by atoms with Crippen molar-refractivity contribution in [1.29, 1.82) is 0 Å². The van der Waals surface area contributed by atoms with Gasteiger partial charge in [-0.15, -0.1) is 0 Å². The third-order valence-corrected chi connectivity index (χ3v) is 1.73. The first-order valence-corrected chi connectivity index (χ1v) is 3.82. The van der Waals surface area contributed by atoms with Crippen LogP contribution in [-0.4, -0.2) is 4.98 Å². The lowest BCUT2D eigenvalue weighted by Crippen LogP contribution is -1.85. The van der Waals surface area contributed by atoms with Crippen molar-refractivity contribution in [2.75, 3.05) is 11.5 Å². The molecule has 66 valence electrons. The Hall–Kier alpha value is -1.97. The molecule has 0 unspecified atom stereocenters. The van der Waals surface area contributed by atoms with Crippen LogP contribution in [0.5, 0.6) is 0 Å². The van der Waals surface area contributed by atoms with Crippen molar-refractivity contribution < 1.29 is 4.42 Å². The Morgan fingerprint density at radius 2 is 1.77 bits per heavy atom. The Morgan fingerprint density at radius 3 is 2.31 bits per heavy atom. The Labute approximate surface area is 75.2 Å². The van der Waals surface area contributed by atoms with Crippen LogP contribution in [0.2, 0.25) is 0 Å². The topological polar surface area (TPSA) is 78.1 Å². The summed E-state index contributed by atoms with van der Waals surface area (Å²) < 4.78 is 4.88. The van der Waals surface area contributed by atoms with Crippen LogP contribution in [0.15, 0.2) is 34.9 Å². The van der Waals surface area contributed by atoms with Crippen molar-refractivity contribution in [1.82, 2.24) is 4.98 Å². The molecule has 0 aliphatic carbocycles. The van der Waals surface area contributed by atoms with Gasteiger partial charge >= 0.3 is 0 Å². The highest BCUT2D eigenvalue weighted by Crippen LogP contribution is 2.20. The molecule has 0 amide bonds. The molecule has 0 fully saturated rings. The number of oxazole rings is 1. The van der Waals surface area contributed by atoms with Crippen molar-refractivity contribution in [2.24, 2.45) is 0 Å². The van der Waals surface area contributed by atoms with Crippen molar-refractivity contribution in [3.05, 3.63) is 30.5 Å². The van der Waals surface area contributed by atoms with E-state index in [4.69, 9.17) is 15.9 Å². The van der Waals surface area contributed by atoms with E-state index >= 15 is 0 Å². The second-order valence-electron chi connectivity index (χ2n) is 2.69. The molecule has 0 saturated carbocycles. The summed E-state index contributed by atoms with van der Waals surface area (Å²) in [5.41, 5.74) is 13.3. The van der Waals surface area contributed by atoms with E-state index in [0.717, 1.165) is 16.9 Å². The van der Waals surface area contributed by atoms with E-state index in [2.05, 4.69) is 4.98 Å². The lowest BCUT2D eigenvalue weighted by Gasteiger charge is -1.95. The number of rotatable bonds is 1. The molecule has 13 heavy (non-hydrogen) atoms. The van der Waals surface area contributed by atoms with Crippen LogP contribution in [0.25, 0.3) is 11.3 Å². The number of benzene rings is 1. The fourth-order valence-electron chi connectivity index (χ4n) is 1.07. The fourth-order valence-corrected chi connectivity index (χ4v) is 1.07. The van der Waals surface area contributed by atoms with Crippen LogP contribution in [0, 0.1) is 0 Å². The van der Waals surface area contributed by atoms with Crippen molar-refractivity contribution in [2.45, 2.75) is 0 Å². The molecule has 2 rings (SSSR count). The number of nitrogen functional groups attached to an aromatic ring is 2. The van der Waals surface area contributed by atoms with Crippen LogP contribution in [0.1, 0.15) is 0 Å². The van der Waals surface area contributed by atoms with Gasteiger partial charge in [-0.05, 0) is 12.1 Å². The minimum atomic E-state index is 0.173. The number of nitrogens with two attached hydrogens (primary N) is 2. The van der Waals surface area contributed by atoms with Crippen LogP contribution in [0.4, 0.5) is 11.7 Å². The summed E-state index contributed by atoms with van der Waals surface area (Å²) in [6, 6.07) is 7.52. The summed E-state index contributed by atoms with van der Waals surface area (Å²) in [6.45, 7) is 0. The number of hydrogen-bond acceptors (Lipinski definition) is 4. The van der Waals surface area contributed by atoms with Gasteiger partial charge < -0.3 is 15.9 Å². The molecular weight excluding hydrogens is 166 g/mol. The van der Waals surface area contributed by atoms with Crippen LogP contribution in [-0.2, 0) is 0 Å². The second kappa shape index (κ2) is 2.82. The molecule has 1 aromatic heterocycles. The molecule has 1 aromatic carbocycles. The summed E-state index contributed by atoms with van der Waals surface area (Å²) in [5, 5.41) is 0.